The van der Waals surface area contributed by atoms with Crippen LogP contribution in [0.1, 0.15) is 5.56 Å². The molecule has 110 valence electrons. The van der Waals surface area contributed by atoms with Crippen molar-refractivity contribution in [2.24, 2.45) is 4.99 Å². The van der Waals surface area contributed by atoms with Gasteiger partial charge in [0.15, 0.2) is 0 Å². The summed E-state index contributed by atoms with van der Waals surface area (Å²) in [7, 11) is 1.34. The van der Waals surface area contributed by atoms with Crippen molar-refractivity contribution in [3.05, 3.63) is 71.0 Å². The fourth-order valence-corrected chi connectivity index (χ4v) is 1.90. The van der Waals surface area contributed by atoms with Gasteiger partial charge in [-0.1, -0.05) is 34.6 Å². The van der Waals surface area contributed by atoms with Gasteiger partial charge in [0.05, 0.1) is 7.11 Å². The molecule has 0 spiro atoms. The van der Waals surface area contributed by atoms with Gasteiger partial charge in [-0.15, -0.1) is 0 Å². The highest BCUT2D eigenvalue weighted by Gasteiger charge is 1.99. The number of hydrogen-bond acceptors (Lipinski definition) is 4. The predicted octanol–water partition coefficient (Wildman–Crippen LogP) is 3.37. The van der Waals surface area contributed by atoms with Gasteiger partial charge < -0.3 is 10.1 Å². The fraction of sp³-hybridized carbons (Fsp3) is 0.125. The number of benzene rings is 1. The molecule has 21 heavy (non-hydrogen) atoms. The number of carbonyl (C=O) groups is 1. The summed E-state index contributed by atoms with van der Waals surface area (Å²) in [5.74, 6) is -0.419. The zero-order valence-electron chi connectivity index (χ0n) is 11.8. The number of carbonyl (C=O) groups excluding carboxylic acids is 1. The van der Waals surface area contributed by atoms with E-state index in [9.17, 15) is 4.79 Å². The summed E-state index contributed by atoms with van der Waals surface area (Å²) in [6.45, 7) is 4.07. The number of methoxy groups -OCH3 is 1. The third kappa shape index (κ3) is 7.27. The first-order chi connectivity index (χ1) is 10.2. The maximum absolute atomic E-state index is 11.3. The molecule has 0 aliphatic carbocycles. The predicted molar refractivity (Wildman–Crippen MR) is 88.9 cm³/mol. The van der Waals surface area contributed by atoms with Gasteiger partial charge in [0.25, 0.3) is 0 Å². The van der Waals surface area contributed by atoms with Crippen molar-refractivity contribution in [3.63, 3.8) is 0 Å². The molecule has 0 aromatic heterocycles. The first-order valence-electron chi connectivity index (χ1n) is 6.24. The number of nitrogens with one attached hydrogen (secondary N) is 1. The smallest absolute Gasteiger partial charge is 0.332 e. The Kier molecular flexibility index (Phi) is 7.82. The highest BCUT2D eigenvalue weighted by atomic mass is 79.9. The van der Waals surface area contributed by atoms with Crippen molar-refractivity contribution < 1.29 is 9.53 Å². The second kappa shape index (κ2) is 9.72. The van der Waals surface area contributed by atoms with E-state index in [0.29, 0.717) is 12.2 Å². The zero-order valence-corrected chi connectivity index (χ0v) is 13.3. The number of allylic oxidation sites excluding steroid dienone is 2. The average Bonchev–Trinajstić information content (AvgIpc) is 2.48. The minimum atomic E-state index is -0.419. The molecule has 0 atom stereocenters. The normalized spacial score (nSPS) is 11.8. The molecule has 0 saturated carbocycles. The largest absolute Gasteiger partial charge is 0.466 e. The van der Waals surface area contributed by atoms with Crippen molar-refractivity contribution in [2.75, 3.05) is 7.11 Å². The Labute approximate surface area is 133 Å². The van der Waals surface area contributed by atoms with E-state index < -0.39 is 5.97 Å². The lowest BCUT2D eigenvalue weighted by atomic mass is 10.2. The molecular formula is C16H17BrN2O2. The number of aliphatic imine (C=N–C) groups is 1. The number of hydrogen-bond donors (Lipinski definition) is 1. The van der Waals surface area contributed by atoms with E-state index in [4.69, 9.17) is 0 Å². The van der Waals surface area contributed by atoms with Crippen molar-refractivity contribution in [1.82, 2.24) is 5.32 Å². The monoisotopic (exact) mass is 348 g/mol. The molecule has 0 aliphatic rings. The first kappa shape index (κ1) is 16.9. The summed E-state index contributed by atoms with van der Waals surface area (Å²) in [5.41, 5.74) is 1.73. The first-order valence-corrected chi connectivity index (χ1v) is 7.03. The molecule has 0 heterocycles. The Bertz CT molecular complexity index is 577. The van der Waals surface area contributed by atoms with Crippen LogP contribution in [0.25, 0.3) is 0 Å². The minimum Gasteiger partial charge on any atom is -0.466 e. The van der Waals surface area contributed by atoms with Crippen LogP contribution in [-0.2, 0) is 16.1 Å². The summed E-state index contributed by atoms with van der Waals surface area (Å²) >= 11 is 3.42. The lowest BCUT2D eigenvalue weighted by molar-refractivity contribution is -0.134. The van der Waals surface area contributed by atoms with E-state index in [-0.39, 0.29) is 0 Å². The van der Waals surface area contributed by atoms with E-state index in [1.54, 1.807) is 18.4 Å². The number of rotatable bonds is 7. The van der Waals surface area contributed by atoms with E-state index in [1.807, 2.05) is 24.3 Å². The molecule has 1 rings (SSSR count). The Hall–Kier alpha value is -2.14. The Balaban J connectivity index is 2.75. The van der Waals surface area contributed by atoms with Crippen molar-refractivity contribution in [3.8, 4) is 0 Å². The van der Waals surface area contributed by atoms with Crippen LogP contribution in [0.2, 0.25) is 0 Å². The molecule has 1 N–H and O–H groups in total. The number of halogens is 1. The quantitative estimate of drug-likeness (QED) is 0.355. The summed E-state index contributed by atoms with van der Waals surface area (Å²) in [6.07, 6.45) is 7.85. The SMILES string of the molecule is C=C/N=C/C=C\C(=C\C(=O)OC)NCc1cccc(Br)c1. The third-order valence-electron chi connectivity index (χ3n) is 2.41. The number of ether oxygens (including phenoxy) is 1. The fourth-order valence-electron chi connectivity index (χ4n) is 1.45. The molecule has 0 aliphatic heterocycles. The molecule has 5 heteroatoms. The molecule has 4 nitrogen and oxygen atoms in total. The van der Waals surface area contributed by atoms with Gasteiger partial charge in [-0.25, -0.2) is 4.79 Å². The number of nitrogens with zero attached hydrogens (tertiary/aromatic N) is 1. The number of esters is 1. The van der Waals surface area contributed by atoms with Crippen molar-refractivity contribution >= 4 is 28.1 Å². The summed E-state index contributed by atoms with van der Waals surface area (Å²) in [5, 5.41) is 3.17. The second-order valence-corrected chi connectivity index (χ2v) is 4.86. The van der Waals surface area contributed by atoms with Gasteiger partial charge in [0.2, 0.25) is 0 Å². The highest BCUT2D eigenvalue weighted by molar-refractivity contribution is 9.10. The second-order valence-electron chi connectivity index (χ2n) is 3.95. The summed E-state index contributed by atoms with van der Waals surface area (Å²) in [6, 6.07) is 7.92. The Morgan fingerprint density at radius 3 is 3.00 bits per heavy atom. The Morgan fingerprint density at radius 1 is 1.52 bits per heavy atom. The molecule has 0 amide bonds. The molecule has 0 fully saturated rings. The van der Waals surface area contributed by atoms with Gasteiger partial charge >= 0.3 is 5.97 Å². The van der Waals surface area contributed by atoms with E-state index in [0.717, 1.165) is 10.0 Å². The molecule has 0 unspecified atom stereocenters. The van der Waals surface area contributed by atoms with E-state index >= 15 is 0 Å². The van der Waals surface area contributed by atoms with Crippen molar-refractivity contribution in [2.45, 2.75) is 6.54 Å². The average molecular weight is 349 g/mol. The minimum absolute atomic E-state index is 0.419. The molecule has 1 aromatic carbocycles. The third-order valence-corrected chi connectivity index (χ3v) is 2.91. The molecule has 0 saturated heterocycles. The van der Waals surface area contributed by atoms with Gasteiger partial charge in [-0.05, 0) is 29.8 Å². The van der Waals surface area contributed by atoms with Crippen LogP contribution in [0.3, 0.4) is 0 Å². The van der Waals surface area contributed by atoms with Crippen LogP contribution in [0.5, 0.6) is 0 Å². The Morgan fingerprint density at radius 2 is 2.33 bits per heavy atom. The molecule has 0 bridgehead atoms. The maximum Gasteiger partial charge on any atom is 0.332 e. The molecule has 1 aromatic rings. The van der Waals surface area contributed by atoms with E-state index in [1.165, 1.54) is 19.4 Å². The van der Waals surface area contributed by atoms with E-state index in [2.05, 4.69) is 37.6 Å². The van der Waals surface area contributed by atoms with Crippen molar-refractivity contribution in [1.29, 1.82) is 0 Å². The highest BCUT2D eigenvalue weighted by Crippen LogP contribution is 2.11. The van der Waals surface area contributed by atoms with Crippen LogP contribution in [0.4, 0.5) is 0 Å². The van der Waals surface area contributed by atoms with Gasteiger partial charge in [-0.2, -0.15) is 0 Å². The standard InChI is InChI=1S/C16H17BrN2O2/c1-3-18-9-5-8-15(11-16(20)21-2)19-12-13-6-4-7-14(17)10-13/h3-11,19H,1,12H2,2H3/b8-5-,15-11-,18-9+. The molecular weight excluding hydrogens is 332 g/mol. The van der Waals surface area contributed by atoms with Gasteiger partial charge in [0.1, 0.15) is 0 Å². The topological polar surface area (TPSA) is 50.7 Å². The lowest BCUT2D eigenvalue weighted by Crippen LogP contribution is -2.13. The van der Waals surface area contributed by atoms with Crippen LogP contribution < -0.4 is 5.32 Å². The van der Waals surface area contributed by atoms with Gasteiger partial charge in [0, 0.05) is 35.2 Å². The zero-order chi connectivity index (χ0) is 15.5. The van der Waals surface area contributed by atoms with Crippen LogP contribution in [0, 0.1) is 0 Å². The molecule has 0 radical (unpaired) electrons. The van der Waals surface area contributed by atoms with Gasteiger partial charge in [-0.3, -0.25) is 4.99 Å². The summed E-state index contributed by atoms with van der Waals surface area (Å²) < 4.78 is 5.64. The lowest BCUT2D eigenvalue weighted by Gasteiger charge is -2.07. The maximum atomic E-state index is 11.3. The van der Waals surface area contributed by atoms with Crippen LogP contribution >= 0.6 is 15.9 Å². The summed E-state index contributed by atoms with van der Waals surface area (Å²) in [4.78, 5) is 15.2. The van der Waals surface area contributed by atoms with Crippen LogP contribution in [-0.4, -0.2) is 19.3 Å². The van der Waals surface area contributed by atoms with Crippen LogP contribution in [0.15, 0.2) is 70.4 Å².